The Hall–Kier alpha value is -2.86. The molecule has 0 bridgehead atoms. The zero-order chi connectivity index (χ0) is 19.2. The Morgan fingerprint density at radius 1 is 1.19 bits per heavy atom. The lowest BCUT2D eigenvalue weighted by molar-refractivity contribution is 0.0505. The third-order valence-corrected chi connectivity index (χ3v) is 4.21. The Labute approximate surface area is 158 Å². The first-order chi connectivity index (χ1) is 13.1. The van der Waals surface area contributed by atoms with Gasteiger partial charge in [-0.2, -0.15) is 0 Å². The number of hydrogen-bond acceptors (Lipinski definition) is 5. The average Bonchev–Trinajstić information content (AvgIpc) is 3.00. The summed E-state index contributed by atoms with van der Waals surface area (Å²) in [6.07, 6.45) is 0.103. The molecule has 1 N–H and O–H groups in total. The van der Waals surface area contributed by atoms with Gasteiger partial charge in [-0.3, -0.25) is 0 Å². The minimum Gasteiger partial charge on any atom is -0.491 e. The number of nitrogens with zero attached hydrogens (tertiary/aromatic N) is 2. The van der Waals surface area contributed by atoms with E-state index in [1.807, 2.05) is 42.7 Å². The molecule has 3 aromatic rings. The largest absolute Gasteiger partial charge is 0.491 e. The molecule has 1 heterocycles. The lowest BCUT2D eigenvalue weighted by Gasteiger charge is -2.15. The van der Waals surface area contributed by atoms with Crippen molar-refractivity contribution in [3.05, 3.63) is 59.9 Å². The van der Waals surface area contributed by atoms with E-state index >= 15 is 0 Å². The molecular formula is C21H24N2O4. The first-order valence-corrected chi connectivity index (χ1v) is 9.08. The molecular weight excluding hydrogens is 344 g/mol. The number of para-hydroxylation sites is 2. The molecule has 0 fully saturated rings. The Balaban J connectivity index is 1.56. The lowest BCUT2D eigenvalue weighted by Crippen LogP contribution is -2.24. The van der Waals surface area contributed by atoms with Crippen molar-refractivity contribution in [2.45, 2.75) is 32.9 Å². The molecule has 0 saturated carbocycles. The molecule has 0 radical (unpaired) electrons. The van der Waals surface area contributed by atoms with Gasteiger partial charge in [-0.25, -0.2) is 9.78 Å². The summed E-state index contributed by atoms with van der Waals surface area (Å²) in [6.45, 7) is 4.82. The highest BCUT2D eigenvalue weighted by Crippen LogP contribution is 2.17. The van der Waals surface area contributed by atoms with Crippen LogP contribution in [0.1, 0.15) is 29.5 Å². The van der Waals surface area contributed by atoms with Gasteiger partial charge in [0.2, 0.25) is 0 Å². The van der Waals surface area contributed by atoms with Crippen LogP contribution in [0, 0.1) is 6.92 Å². The van der Waals surface area contributed by atoms with Crippen molar-refractivity contribution in [1.29, 1.82) is 0 Å². The van der Waals surface area contributed by atoms with Crippen molar-refractivity contribution in [1.82, 2.24) is 9.55 Å². The molecule has 0 aliphatic rings. The summed E-state index contributed by atoms with van der Waals surface area (Å²) in [4.78, 5) is 16.3. The first-order valence-electron chi connectivity index (χ1n) is 9.08. The van der Waals surface area contributed by atoms with Crippen molar-refractivity contribution in [2.75, 3.05) is 13.2 Å². The number of carbonyl (C=O) groups excluding carboxylic acids is 1. The van der Waals surface area contributed by atoms with E-state index in [-0.39, 0.29) is 12.6 Å². The van der Waals surface area contributed by atoms with Crippen molar-refractivity contribution in [3.63, 3.8) is 0 Å². The number of aromatic nitrogens is 2. The van der Waals surface area contributed by atoms with Crippen molar-refractivity contribution < 1.29 is 19.4 Å². The van der Waals surface area contributed by atoms with Crippen LogP contribution in [0.3, 0.4) is 0 Å². The zero-order valence-corrected chi connectivity index (χ0v) is 15.6. The van der Waals surface area contributed by atoms with Gasteiger partial charge in [-0.05, 0) is 49.7 Å². The normalized spacial score (nSPS) is 12.1. The number of benzene rings is 2. The second-order valence-corrected chi connectivity index (χ2v) is 6.38. The lowest BCUT2D eigenvalue weighted by atomic mass is 10.2. The molecule has 0 aliphatic heterocycles. The number of carbonyl (C=O) groups is 1. The highest BCUT2D eigenvalue weighted by Gasteiger charge is 2.13. The van der Waals surface area contributed by atoms with E-state index in [1.165, 1.54) is 0 Å². The van der Waals surface area contributed by atoms with Crippen molar-refractivity contribution in [3.8, 4) is 5.75 Å². The third kappa shape index (κ3) is 4.65. The predicted octanol–water partition coefficient (Wildman–Crippen LogP) is 3.35. The molecule has 3 rings (SSSR count). The fourth-order valence-corrected chi connectivity index (χ4v) is 2.85. The number of hydrogen-bond donors (Lipinski definition) is 1. The van der Waals surface area contributed by atoms with E-state index in [4.69, 9.17) is 9.47 Å². The molecule has 1 aromatic heterocycles. The van der Waals surface area contributed by atoms with Gasteiger partial charge in [0.25, 0.3) is 0 Å². The highest BCUT2D eigenvalue weighted by atomic mass is 16.5. The van der Waals surface area contributed by atoms with Gasteiger partial charge in [0.15, 0.2) is 0 Å². The molecule has 6 nitrogen and oxygen atoms in total. The van der Waals surface area contributed by atoms with E-state index in [0.29, 0.717) is 24.5 Å². The summed E-state index contributed by atoms with van der Waals surface area (Å²) in [5.74, 6) is 1.10. The van der Waals surface area contributed by atoms with Gasteiger partial charge in [0.05, 0.1) is 29.7 Å². The maximum Gasteiger partial charge on any atom is 0.338 e. The monoisotopic (exact) mass is 368 g/mol. The summed E-state index contributed by atoms with van der Waals surface area (Å²) < 4.78 is 12.7. The molecule has 0 aliphatic carbocycles. The second-order valence-electron chi connectivity index (χ2n) is 6.38. The summed E-state index contributed by atoms with van der Waals surface area (Å²) in [5, 5.41) is 10.4. The summed E-state index contributed by atoms with van der Waals surface area (Å²) in [7, 11) is 0. The van der Waals surface area contributed by atoms with Crippen LogP contribution in [0.15, 0.2) is 48.5 Å². The number of imidazole rings is 1. The summed E-state index contributed by atoms with van der Waals surface area (Å²) >= 11 is 0. The number of aliphatic hydroxyl groups excluding tert-OH is 1. The van der Waals surface area contributed by atoms with Crippen LogP contribution in [-0.4, -0.2) is 39.9 Å². The summed E-state index contributed by atoms with van der Waals surface area (Å²) in [5.41, 5.74) is 2.38. The number of fused-ring (bicyclic) bond motifs is 1. The van der Waals surface area contributed by atoms with E-state index in [2.05, 4.69) is 4.98 Å². The van der Waals surface area contributed by atoms with Crippen LogP contribution < -0.4 is 4.74 Å². The van der Waals surface area contributed by atoms with E-state index in [9.17, 15) is 9.90 Å². The van der Waals surface area contributed by atoms with Gasteiger partial charge in [-0.1, -0.05) is 19.1 Å². The number of ether oxygens (including phenoxy) is 2. The van der Waals surface area contributed by atoms with Crippen LogP contribution in [-0.2, 0) is 11.3 Å². The van der Waals surface area contributed by atoms with Crippen molar-refractivity contribution in [2.24, 2.45) is 0 Å². The number of aryl methyl sites for hydroxylation is 1. The number of aliphatic hydroxyl groups is 1. The van der Waals surface area contributed by atoms with E-state index in [1.54, 1.807) is 24.3 Å². The molecule has 0 saturated heterocycles. The van der Waals surface area contributed by atoms with Gasteiger partial charge in [-0.15, -0.1) is 0 Å². The van der Waals surface area contributed by atoms with Gasteiger partial charge < -0.3 is 19.1 Å². The van der Waals surface area contributed by atoms with Gasteiger partial charge >= 0.3 is 5.97 Å². The topological polar surface area (TPSA) is 73.6 Å². The van der Waals surface area contributed by atoms with Crippen LogP contribution >= 0.6 is 0 Å². The Morgan fingerprint density at radius 3 is 2.67 bits per heavy atom. The smallest absolute Gasteiger partial charge is 0.338 e. The molecule has 27 heavy (non-hydrogen) atoms. The molecule has 0 unspecified atom stereocenters. The highest BCUT2D eigenvalue weighted by molar-refractivity contribution is 5.89. The Bertz CT molecular complexity index is 902. The Morgan fingerprint density at radius 2 is 1.93 bits per heavy atom. The second kappa shape index (κ2) is 8.68. The van der Waals surface area contributed by atoms with Crippen LogP contribution in [0.4, 0.5) is 0 Å². The molecule has 2 aromatic carbocycles. The first kappa shape index (κ1) is 18.9. The molecule has 1 atom stereocenters. The minimum absolute atomic E-state index is 0.144. The maximum atomic E-state index is 11.8. The zero-order valence-electron chi connectivity index (χ0n) is 15.6. The maximum absolute atomic E-state index is 11.8. The van der Waals surface area contributed by atoms with Gasteiger partial charge in [0, 0.05) is 0 Å². The fraction of sp³-hybridized carbons (Fsp3) is 0.333. The van der Waals surface area contributed by atoms with Crippen LogP contribution in [0.5, 0.6) is 5.75 Å². The quantitative estimate of drug-likeness (QED) is 0.617. The standard InChI is InChI=1S/C21H24N2O4/c1-3-12-26-21(25)16-8-10-18(11-9-16)27-14-17(24)13-23-15(2)22-19-6-4-5-7-20(19)23/h4-11,17,24H,3,12-14H2,1-2H3/t17-/m1/s1. The number of esters is 1. The molecule has 142 valence electrons. The van der Waals surface area contributed by atoms with Crippen LogP contribution in [0.25, 0.3) is 11.0 Å². The molecule has 0 amide bonds. The summed E-state index contributed by atoms with van der Waals surface area (Å²) in [6, 6.07) is 14.6. The SMILES string of the molecule is CCCOC(=O)c1ccc(OC[C@H](O)Cn2c(C)nc3ccccc32)cc1. The van der Waals surface area contributed by atoms with Crippen LogP contribution in [0.2, 0.25) is 0 Å². The molecule has 6 heteroatoms. The molecule has 0 spiro atoms. The third-order valence-electron chi connectivity index (χ3n) is 4.21. The van der Waals surface area contributed by atoms with E-state index < -0.39 is 6.10 Å². The predicted molar refractivity (Wildman–Crippen MR) is 103 cm³/mol. The minimum atomic E-state index is -0.685. The average molecular weight is 368 g/mol. The number of rotatable bonds is 8. The van der Waals surface area contributed by atoms with E-state index in [0.717, 1.165) is 23.3 Å². The Kier molecular flexibility index (Phi) is 6.08. The fourth-order valence-electron chi connectivity index (χ4n) is 2.85. The van der Waals surface area contributed by atoms with Crippen molar-refractivity contribution >= 4 is 17.0 Å². The van der Waals surface area contributed by atoms with Gasteiger partial charge in [0.1, 0.15) is 24.3 Å².